The van der Waals surface area contributed by atoms with Gasteiger partial charge in [-0.3, -0.25) is 0 Å². The molecule has 0 saturated carbocycles. The number of fused-ring (bicyclic) bond motifs is 1. The molecule has 0 bridgehead atoms. The Morgan fingerprint density at radius 3 is 2.67 bits per heavy atom. The van der Waals surface area contributed by atoms with Crippen molar-refractivity contribution < 1.29 is 4.39 Å². The number of anilines is 1. The summed E-state index contributed by atoms with van der Waals surface area (Å²) in [7, 11) is 0. The molecule has 3 rings (SSSR count). The maximum Gasteiger partial charge on any atom is 0.212 e. The van der Waals surface area contributed by atoms with Gasteiger partial charge in [0.25, 0.3) is 0 Å². The molecule has 18 heavy (non-hydrogen) atoms. The van der Waals surface area contributed by atoms with Gasteiger partial charge in [0.05, 0.1) is 17.9 Å². The Labute approximate surface area is 105 Å². The van der Waals surface area contributed by atoms with Crippen molar-refractivity contribution in [2.24, 2.45) is 5.73 Å². The van der Waals surface area contributed by atoms with Crippen molar-refractivity contribution in [2.45, 2.75) is 18.5 Å². The summed E-state index contributed by atoms with van der Waals surface area (Å²) in [6.45, 7) is 0. The molecule has 92 valence electrons. The van der Waals surface area contributed by atoms with Gasteiger partial charge in [0.2, 0.25) is 5.95 Å². The predicted molar refractivity (Wildman–Crippen MR) is 68.5 cm³/mol. The zero-order valence-corrected chi connectivity index (χ0v) is 9.81. The molecule has 2 atom stereocenters. The number of rotatable bonds is 2. The highest BCUT2D eigenvalue weighted by atomic mass is 19.1. The van der Waals surface area contributed by atoms with Crippen molar-refractivity contribution in [1.29, 1.82) is 0 Å². The van der Waals surface area contributed by atoms with E-state index in [4.69, 9.17) is 5.73 Å². The first-order chi connectivity index (χ1) is 8.74. The highest BCUT2D eigenvalue weighted by Gasteiger charge is 2.27. The minimum Gasteiger partial charge on any atom is -0.377 e. The fourth-order valence-electron chi connectivity index (χ4n) is 2.47. The highest BCUT2D eigenvalue weighted by Crippen LogP contribution is 2.38. The highest BCUT2D eigenvalue weighted by molar-refractivity contribution is 5.47. The van der Waals surface area contributed by atoms with E-state index >= 15 is 0 Å². The van der Waals surface area contributed by atoms with Gasteiger partial charge in [-0.05, 0) is 29.7 Å². The number of nitrogens with zero attached hydrogens (tertiary/aromatic N) is 1. The molecule has 0 aliphatic heterocycles. The van der Waals surface area contributed by atoms with E-state index in [0.717, 1.165) is 12.1 Å². The van der Waals surface area contributed by atoms with Crippen molar-refractivity contribution in [1.82, 2.24) is 4.98 Å². The van der Waals surface area contributed by atoms with Crippen molar-refractivity contribution in [3.05, 3.63) is 59.7 Å². The van der Waals surface area contributed by atoms with Gasteiger partial charge >= 0.3 is 0 Å². The van der Waals surface area contributed by atoms with Crippen molar-refractivity contribution in [2.75, 3.05) is 5.32 Å². The van der Waals surface area contributed by atoms with Crippen molar-refractivity contribution in [3.63, 3.8) is 0 Å². The van der Waals surface area contributed by atoms with Crippen LogP contribution in [0.4, 0.5) is 10.1 Å². The zero-order valence-electron chi connectivity index (χ0n) is 9.81. The van der Waals surface area contributed by atoms with Gasteiger partial charge in [0.15, 0.2) is 0 Å². The molecule has 0 spiro atoms. The molecule has 3 nitrogen and oxygen atoms in total. The summed E-state index contributed by atoms with van der Waals surface area (Å²) in [5.74, 6) is -0.468. The van der Waals surface area contributed by atoms with Crippen LogP contribution < -0.4 is 11.1 Å². The Hall–Kier alpha value is -1.94. The summed E-state index contributed by atoms with van der Waals surface area (Å²) < 4.78 is 12.7. The van der Waals surface area contributed by atoms with Crippen LogP contribution in [0.15, 0.2) is 42.6 Å². The number of pyridine rings is 1. The first-order valence-electron chi connectivity index (χ1n) is 5.96. The van der Waals surface area contributed by atoms with E-state index in [1.165, 1.54) is 23.4 Å². The molecule has 0 radical (unpaired) electrons. The van der Waals surface area contributed by atoms with E-state index < -0.39 is 5.95 Å². The average Bonchev–Trinajstić information content (AvgIpc) is 2.70. The summed E-state index contributed by atoms with van der Waals surface area (Å²) in [6, 6.07) is 11.4. The van der Waals surface area contributed by atoms with Crippen LogP contribution in [-0.4, -0.2) is 4.98 Å². The molecule has 0 amide bonds. The zero-order chi connectivity index (χ0) is 12.5. The van der Waals surface area contributed by atoms with Crippen LogP contribution in [0, 0.1) is 5.95 Å². The molecular formula is C14H14FN3. The average molecular weight is 243 g/mol. The van der Waals surface area contributed by atoms with Gasteiger partial charge < -0.3 is 11.1 Å². The molecule has 1 heterocycles. The molecule has 2 aromatic rings. The molecule has 1 aromatic carbocycles. The summed E-state index contributed by atoms with van der Waals surface area (Å²) in [5, 5.41) is 3.35. The van der Waals surface area contributed by atoms with Crippen molar-refractivity contribution >= 4 is 5.69 Å². The topological polar surface area (TPSA) is 50.9 Å². The van der Waals surface area contributed by atoms with Gasteiger partial charge in [-0.1, -0.05) is 24.3 Å². The van der Waals surface area contributed by atoms with Crippen LogP contribution >= 0.6 is 0 Å². The molecule has 3 N–H and O–H groups in total. The first-order valence-corrected chi connectivity index (χ1v) is 5.96. The van der Waals surface area contributed by atoms with E-state index in [1.54, 1.807) is 6.07 Å². The van der Waals surface area contributed by atoms with Crippen LogP contribution in [-0.2, 0) is 0 Å². The lowest BCUT2D eigenvalue weighted by atomic mass is 10.1. The Morgan fingerprint density at radius 1 is 1.17 bits per heavy atom. The normalized spacial score (nSPS) is 21.7. The second kappa shape index (κ2) is 4.38. The number of halogens is 1. The van der Waals surface area contributed by atoms with Crippen LogP contribution in [0.1, 0.15) is 29.6 Å². The fourth-order valence-corrected chi connectivity index (χ4v) is 2.47. The van der Waals surface area contributed by atoms with Gasteiger partial charge in [-0.25, -0.2) is 4.98 Å². The number of nitrogens with two attached hydrogens (primary N) is 1. The third-order valence-electron chi connectivity index (χ3n) is 3.33. The lowest BCUT2D eigenvalue weighted by Crippen LogP contribution is -2.10. The first kappa shape index (κ1) is 11.2. The smallest absolute Gasteiger partial charge is 0.212 e. The molecule has 1 aliphatic carbocycles. The molecule has 4 heteroatoms. The lowest BCUT2D eigenvalue weighted by Gasteiger charge is -2.15. The monoisotopic (exact) mass is 243 g/mol. The standard InChI is InChI=1S/C14H14FN3/c15-14-6-5-9(8-17-14)18-13-7-12(16)10-3-1-2-4-11(10)13/h1-6,8,12-13,18H,7,16H2. The van der Waals surface area contributed by atoms with Gasteiger partial charge in [0.1, 0.15) is 0 Å². The number of hydrogen-bond acceptors (Lipinski definition) is 3. The van der Waals surface area contributed by atoms with Crippen LogP contribution in [0.3, 0.4) is 0 Å². The third-order valence-corrected chi connectivity index (χ3v) is 3.33. The van der Waals surface area contributed by atoms with Crippen molar-refractivity contribution in [3.8, 4) is 0 Å². The molecule has 0 fully saturated rings. The quantitative estimate of drug-likeness (QED) is 0.797. The summed E-state index contributed by atoms with van der Waals surface area (Å²) >= 11 is 0. The minimum absolute atomic E-state index is 0.0621. The van der Waals surface area contributed by atoms with Crippen LogP contribution in [0.5, 0.6) is 0 Å². The Bertz CT molecular complexity index is 553. The van der Waals surface area contributed by atoms with E-state index in [0.29, 0.717) is 0 Å². The maximum absolute atomic E-state index is 12.7. The molecule has 2 unspecified atom stereocenters. The maximum atomic E-state index is 12.7. The Balaban J connectivity index is 1.85. The second-order valence-corrected chi connectivity index (χ2v) is 4.54. The second-order valence-electron chi connectivity index (χ2n) is 4.54. The Morgan fingerprint density at radius 2 is 1.94 bits per heavy atom. The SMILES string of the molecule is NC1CC(Nc2ccc(F)nc2)c2ccccc21. The number of aromatic nitrogens is 1. The van der Waals surface area contributed by atoms with Crippen LogP contribution in [0.25, 0.3) is 0 Å². The number of hydrogen-bond donors (Lipinski definition) is 2. The largest absolute Gasteiger partial charge is 0.377 e. The van der Waals surface area contributed by atoms with Gasteiger partial charge in [0, 0.05) is 6.04 Å². The third kappa shape index (κ3) is 1.95. The lowest BCUT2D eigenvalue weighted by molar-refractivity contribution is 0.583. The number of benzene rings is 1. The summed E-state index contributed by atoms with van der Waals surface area (Å²) in [4.78, 5) is 3.64. The van der Waals surface area contributed by atoms with Crippen LogP contribution in [0.2, 0.25) is 0 Å². The summed E-state index contributed by atoms with van der Waals surface area (Å²) in [5.41, 5.74) is 9.31. The van der Waals surface area contributed by atoms with E-state index in [-0.39, 0.29) is 12.1 Å². The molecule has 0 saturated heterocycles. The molecule has 1 aromatic heterocycles. The van der Waals surface area contributed by atoms with E-state index in [2.05, 4.69) is 22.4 Å². The Kier molecular flexibility index (Phi) is 2.72. The van der Waals surface area contributed by atoms with Gasteiger partial charge in [-0.2, -0.15) is 4.39 Å². The predicted octanol–water partition coefficient (Wildman–Crippen LogP) is 2.78. The summed E-state index contributed by atoms with van der Waals surface area (Å²) in [6.07, 6.45) is 2.35. The van der Waals surface area contributed by atoms with Gasteiger partial charge in [-0.15, -0.1) is 0 Å². The minimum atomic E-state index is -0.468. The fraction of sp³-hybridized carbons (Fsp3) is 0.214. The van der Waals surface area contributed by atoms with E-state index in [9.17, 15) is 4.39 Å². The number of nitrogens with one attached hydrogen (secondary N) is 1. The molecular weight excluding hydrogens is 229 g/mol. The molecule has 1 aliphatic rings. The van der Waals surface area contributed by atoms with E-state index in [1.807, 2.05) is 12.1 Å².